The largest absolute Gasteiger partial charge is 0.508 e. The Balaban J connectivity index is 1.73. The summed E-state index contributed by atoms with van der Waals surface area (Å²) in [5.74, 6) is -2.00. The Morgan fingerprint density at radius 2 is 1.48 bits per heavy atom. The van der Waals surface area contributed by atoms with Crippen molar-refractivity contribution in [3.05, 3.63) is 109 Å². The number of rotatable bonds is 12. The number of primary amides is 1. The fraction of sp³-hybridized carbons (Fsp3) is 0.222. The molecule has 0 fully saturated rings. The van der Waals surface area contributed by atoms with Crippen molar-refractivity contribution in [3.63, 3.8) is 0 Å². The summed E-state index contributed by atoms with van der Waals surface area (Å²) in [4.78, 5) is 38.0. The molecule has 0 radical (unpaired) electrons. The van der Waals surface area contributed by atoms with Gasteiger partial charge in [-0.3, -0.25) is 9.59 Å². The van der Waals surface area contributed by atoms with Crippen LogP contribution in [0.2, 0.25) is 0 Å². The van der Waals surface area contributed by atoms with Crippen LogP contribution in [0.5, 0.6) is 5.75 Å². The van der Waals surface area contributed by atoms with E-state index in [9.17, 15) is 24.8 Å². The normalized spacial score (nSPS) is 12.1. The molecule has 0 aliphatic rings. The molecular weight excluding hydrogens is 648 g/mol. The molecule has 0 bridgehead atoms. The number of nitro groups is 1. The lowest BCUT2D eigenvalue weighted by Gasteiger charge is -2.29. The van der Waals surface area contributed by atoms with Gasteiger partial charge in [0.25, 0.3) is 5.96 Å². The van der Waals surface area contributed by atoms with Gasteiger partial charge in [0.15, 0.2) is 5.03 Å². The third-order valence-electron chi connectivity index (χ3n) is 6.09. The summed E-state index contributed by atoms with van der Waals surface area (Å²) < 4.78 is 1.78. The third kappa shape index (κ3) is 8.78. The van der Waals surface area contributed by atoms with Gasteiger partial charge in [-0.1, -0.05) is 68.3 Å². The molecule has 0 saturated heterocycles. The third-order valence-corrected chi connectivity index (χ3v) is 7.15. The van der Waals surface area contributed by atoms with E-state index in [1.54, 1.807) is 12.1 Å². The zero-order chi connectivity index (χ0) is 29.2. The van der Waals surface area contributed by atoms with Crippen molar-refractivity contribution in [2.45, 2.75) is 31.3 Å². The first-order valence-electron chi connectivity index (χ1n) is 12.2. The topological polar surface area (TPSA) is 177 Å². The Morgan fingerprint density at radius 3 is 1.95 bits per heavy atom. The summed E-state index contributed by atoms with van der Waals surface area (Å²) in [6, 6.07) is 20.0. The minimum Gasteiger partial charge on any atom is -0.508 e. The molecule has 3 rings (SSSR count). The van der Waals surface area contributed by atoms with Gasteiger partial charge in [0.2, 0.25) is 11.8 Å². The molecule has 3 aromatic carbocycles. The van der Waals surface area contributed by atoms with Gasteiger partial charge in [-0.25, -0.2) is 10.1 Å². The van der Waals surface area contributed by atoms with E-state index in [2.05, 4.69) is 42.3 Å². The van der Waals surface area contributed by atoms with Gasteiger partial charge >= 0.3 is 0 Å². The molecular formula is C27H28Br2N6O5. The maximum atomic E-state index is 13.4. The van der Waals surface area contributed by atoms with E-state index in [0.717, 1.165) is 20.1 Å². The van der Waals surface area contributed by atoms with E-state index >= 15 is 0 Å². The Labute approximate surface area is 247 Å². The van der Waals surface area contributed by atoms with E-state index in [1.807, 2.05) is 48.5 Å². The molecule has 2 amide bonds. The average molecular weight is 676 g/mol. The summed E-state index contributed by atoms with van der Waals surface area (Å²) in [5.41, 5.74) is 13.8. The van der Waals surface area contributed by atoms with Crippen LogP contribution in [0, 0.1) is 10.1 Å². The number of benzene rings is 3. The number of nitrogens with two attached hydrogens (primary N) is 2. The van der Waals surface area contributed by atoms with Gasteiger partial charge in [-0.15, -0.1) is 0 Å². The van der Waals surface area contributed by atoms with Gasteiger partial charge < -0.3 is 26.8 Å². The standard InChI is InChI=1S/C27H28Br2N6O5/c28-20-9-5-18(6-10-20)24(19-7-11-21(29)12-8-19)26(38)32-15-1-2-23(25(30)37)34(27(31)33-35(39)40)16-17-3-13-22(36)14-4-17/h3-14,23-24,36H,1-2,15-16H2,(H2,30,37)(H2,31,33)(H,32,38)/t23-/m1/s1. The number of hydrogen-bond donors (Lipinski definition) is 4. The highest BCUT2D eigenvalue weighted by molar-refractivity contribution is 9.10. The van der Waals surface area contributed by atoms with Gasteiger partial charge in [-0.2, -0.15) is 0 Å². The SMILES string of the molecule is NC(=O)[C@@H](CCCNC(=O)C(c1ccc(Br)cc1)c1ccc(Br)cc1)N(Cc1ccc(O)cc1)C(N)=N[N+](=O)[O-]. The lowest BCUT2D eigenvalue weighted by atomic mass is 9.90. The fourth-order valence-corrected chi connectivity index (χ4v) is 4.69. The summed E-state index contributed by atoms with van der Waals surface area (Å²) in [6.07, 6.45) is 0.466. The van der Waals surface area contributed by atoms with Gasteiger partial charge in [-0.05, 0) is 65.9 Å². The van der Waals surface area contributed by atoms with Crippen LogP contribution in [-0.2, 0) is 16.1 Å². The van der Waals surface area contributed by atoms with E-state index in [1.165, 1.54) is 17.0 Å². The lowest BCUT2D eigenvalue weighted by molar-refractivity contribution is -0.485. The molecule has 40 heavy (non-hydrogen) atoms. The van der Waals surface area contributed by atoms with E-state index in [4.69, 9.17) is 11.5 Å². The van der Waals surface area contributed by atoms with E-state index < -0.39 is 28.9 Å². The Bertz CT molecular complexity index is 1310. The van der Waals surface area contributed by atoms with Crippen LogP contribution < -0.4 is 16.8 Å². The molecule has 13 heteroatoms. The number of carbonyl (C=O) groups is 2. The first-order valence-corrected chi connectivity index (χ1v) is 13.7. The Hall–Kier alpha value is -3.97. The first kappa shape index (κ1) is 30.6. The predicted octanol–water partition coefficient (Wildman–Crippen LogP) is 3.81. The smallest absolute Gasteiger partial charge is 0.269 e. The van der Waals surface area contributed by atoms with Crippen LogP contribution >= 0.6 is 31.9 Å². The number of carbonyl (C=O) groups excluding carboxylic acids is 2. The first-order chi connectivity index (χ1) is 19.0. The molecule has 210 valence electrons. The van der Waals surface area contributed by atoms with Crippen molar-refractivity contribution in [1.82, 2.24) is 10.2 Å². The number of nitrogens with zero attached hydrogens (tertiary/aromatic N) is 3. The van der Waals surface area contributed by atoms with Crippen LogP contribution in [0.1, 0.15) is 35.4 Å². The van der Waals surface area contributed by atoms with Crippen LogP contribution in [-0.4, -0.2) is 45.4 Å². The Kier molecular flexibility index (Phi) is 11.0. The van der Waals surface area contributed by atoms with Gasteiger partial charge in [0, 0.05) is 22.0 Å². The van der Waals surface area contributed by atoms with Crippen molar-refractivity contribution in [1.29, 1.82) is 0 Å². The number of phenolic OH excluding ortho intramolecular Hbond substituents is 1. The van der Waals surface area contributed by atoms with Crippen molar-refractivity contribution in [2.75, 3.05) is 6.54 Å². The number of aromatic hydroxyl groups is 1. The number of hydrogen-bond acceptors (Lipinski definition) is 5. The summed E-state index contributed by atoms with van der Waals surface area (Å²) in [6.45, 7) is 0.199. The summed E-state index contributed by atoms with van der Waals surface area (Å²) in [7, 11) is 0. The van der Waals surface area contributed by atoms with Gasteiger partial charge in [0.05, 0.1) is 5.92 Å². The highest BCUT2D eigenvalue weighted by Crippen LogP contribution is 2.27. The van der Waals surface area contributed by atoms with E-state index in [0.29, 0.717) is 12.0 Å². The maximum Gasteiger partial charge on any atom is 0.269 e. The van der Waals surface area contributed by atoms with Crippen molar-refractivity contribution < 1.29 is 19.7 Å². The van der Waals surface area contributed by atoms with Gasteiger partial charge in [0.1, 0.15) is 16.9 Å². The second-order valence-electron chi connectivity index (χ2n) is 8.88. The molecule has 6 N–H and O–H groups in total. The average Bonchev–Trinajstić information content (AvgIpc) is 2.90. The maximum absolute atomic E-state index is 13.4. The highest BCUT2D eigenvalue weighted by atomic mass is 79.9. The minimum absolute atomic E-state index is 0.0153. The molecule has 0 heterocycles. The Morgan fingerprint density at radius 1 is 0.950 bits per heavy atom. The summed E-state index contributed by atoms with van der Waals surface area (Å²) >= 11 is 6.84. The number of amides is 2. The molecule has 0 aliphatic carbocycles. The molecule has 0 spiro atoms. The number of nitrogens with one attached hydrogen (secondary N) is 1. The van der Waals surface area contributed by atoms with Crippen molar-refractivity contribution >= 4 is 49.6 Å². The minimum atomic E-state index is -1.04. The molecule has 0 saturated carbocycles. The quantitative estimate of drug-likeness (QED) is 0.0741. The highest BCUT2D eigenvalue weighted by Gasteiger charge is 2.28. The molecule has 1 atom stereocenters. The number of phenols is 1. The van der Waals surface area contributed by atoms with Crippen LogP contribution in [0.4, 0.5) is 0 Å². The monoisotopic (exact) mass is 674 g/mol. The van der Waals surface area contributed by atoms with Crippen molar-refractivity contribution in [3.8, 4) is 5.75 Å². The second kappa shape index (κ2) is 14.4. The number of hydrazone groups is 1. The zero-order valence-electron chi connectivity index (χ0n) is 21.2. The van der Waals surface area contributed by atoms with Crippen LogP contribution in [0.15, 0.2) is 86.8 Å². The number of halogens is 2. The molecule has 0 aromatic heterocycles. The number of guanidine groups is 1. The molecule has 3 aromatic rings. The zero-order valence-corrected chi connectivity index (χ0v) is 24.4. The predicted molar refractivity (Wildman–Crippen MR) is 158 cm³/mol. The van der Waals surface area contributed by atoms with Crippen LogP contribution in [0.3, 0.4) is 0 Å². The molecule has 0 unspecified atom stereocenters. The van der Waals surface area contributed by atoms with Crippen molar-refractivity contribution in [2.24, 2.45) is 16.6 Å². The lowest BCUT2D eigenvalue weighted by Crippen LogP contribution is -2.51. The molecule has 0 aliphatic heterocycles. The second-order valence-corrected chi connectivity index (χ2v) is 10.7. The van der Waals surface area contributed by atoms with Crippen LogP contribution in [0.25, 0.3) is 0 Å². The molecule has 11 nitrogen and oxygen atoms in total. The fourth-order valence-electron chi connectivity index (χ4n) is 4.16. The van der Waals surface area contributed by atoms with E-state index in [-0.39, 0.29) is 31.2 Å². The summed E-state index contributed by atoms with van der Waals surface area (Å²) in [5, 5.41) is 25.7.